The minimum Gasteiger partial charge on any atom is -0.399 e. The van der Waals surface area contributed by atoms with Crippen LogP contribution in [0.1, 0.15) is 27.7 Å². The molecule has 6 nitrogen and oxygen atoms in total. The first-order chi connectivity index (χ1) is 12.3. The summed E-state index contributed by atoms with van der Waals surface area (Å²) in [5, 5.41) is 4.93. The van der Waals surface area contributed by atoms with Crippen molar-refractivity contribution in [2.75, 3.05) is 31.1 Å². The SMILES string of the molecule is CC1(C)OB(c2cc3ncnc(N4CCNCC4)c3cc2Cl)OC1(C)C. The van der Waals surface area contributed by atoms with Gasteiger partial charge in [-0.2, -0.15) is 0 Å². The molecule has 0 aliphatic carbocycles. The first kappa shape index (κ1) is 18.0. The predicted molar refractivity (Wildman–Crippen MR) is 105 cm³/mol. The Labute approximate surface area is 159 Å². The molecule has 0 spiro atoms. The van der Waals surface area contributed by atoms with E-state index in [0.29, 0.717) is 5.02 Å². The van der Waals surface area contributed by atoms with E-state index in [4.69, 9.17) is 20.9 Å². The van der Waals surface area contributed by atoms with Gasteiger partial charge in [0, 0.05) is 42.1 Å². The molecule has 2 saturated heterocycles. The summed E-state index contributed by atoms with van der Waals surface area (Å²) in [4.78, 5) is 11.2. The first-order valence-electron chi connectivity index (χ1n) is 9.04. The van der Waals surface area contributed by atoms with Crippen molar-refractivity contribution in [2.24, 2.45) is 0 Å². The third kappa shape index (κ3) is 2.97. The van der Waals surface area contributed by atoms with Crippen LogP contribution in [0.2, 0.25) is 5.02 Å². The lowest BCUT2D eigenvalue weighted by Gasteiger charge is -2.32. The summed E-state index contributed by atoms with van der Waals surface area (Å²) < 4.78 is 12.3. The summed E-state index contributed by atoms with van der Waals surface area (Å²) in [7, 11) is -0.505. The fourth-order valence-corrected chi connectivity index (χ4v) is 3.61. The third-order valence-electron chi connectivity index (χ3n) is 5.66. The van der Waals surface area contributed by atoms with Crippen LogP contribution in [0, 0.1) is 0 Å². The monoisotopic (exact) mass is 374 g/mol. The van der Waals surface area contributed by atoms with Crippen molar-refractivity contribution in [2.45, 2.75) is 38.9 Å². The van der Waals surface area contributed by atoms with Gasteiger partial charge in [0.05, 0.1) is 16.7 Å². The Morgan fingerprint density at radius 1 is 1.08 bits per heavy atom. The highest BCUT2D eigenvalue weighted by molar-refractivity contribution is 6.66. The van der Waals surface area contributed by atoms with Gasteiger partial charge in [-0.3, -0.25) is 0 Å². The van der Waals surface area contributed by atoms with Crippen LogP contribution in [-0.2, 0) is 9.31 Å². The summed E-state index contributed by atoms with van der Waals surface area (Å²) >= 11 is 6.63. The molecule has 1 aromatic heterocycles. The Balaban J connectivity index is 1.74. The molecule has 0 atom stereocenters. The zero-order valence-electron chi connectivity index (χ0n) is 15.7. The largest absolute Gasteiger partial charge is 0.496 e. The summed E-state index contributed by atoms with van der Waals surface area (Å²) in [6, 6.07) is 3.90. The van der Waals surface area contributed by atoms with Crippen LogP contribution in [0.5, 0.6) is 0 Å². The van der Waals surface area contributed by atoms with Crippen LogP contribution in [0.25, 0.3) is 10.9 Å². The molecule has 1 N–H and O–H groups in total. The van der Waals surface area contributed by atoms with Gasteiger partial charge < -0.3 is 19.5 Å². The van der Waals surface area contributed by atoms with Gasteiger partial charge >= 0.3 is 7.12 Å². The van der Waals surface area contributed by atoms with E-state index >= 15 is 0 Å². The Kier molecular flexibility index (Phi) is 4.38. The zero-order chi connectivity index (χ0) is 18.5. The Morgan fingerprint density at radius 2 is 1.73 bits per heavy atom. The van der Waals surface area contributed by atoms with Crippen LogP contribution in [0.15, 0.2) is 18.5 Å². The molecule has 2 aliphatic heterocycles. The van der Waals surface area contributed by atoms with Gasteiger partial charge in [0.15, 0.2) is 0 Å². The Morgan fingerprint density at radius 3 is 2.38 bits per heavy atom. The van der Waals surface area contributed by atoms with Crippen molar-refractivity contribution >= 4 is 40.9 Å². The topological polar surface area (TPSA) is 59.5 Å². The van der Waals surface area contributed by atoms with E-state index in [1.807, 2.05) is 39.8 Å². The molecule has 1 aromatic carbocycles. The number of benzene rings is 1. The van der Waals surface area contributed by atoms with E-state index in [1.54, 1.807) is 6.33 Å². The lowest BCUT2D eigenvalue weighted by atomic mass is 9.78. The minimum atomic E-state index is -0.505. The van der Waals surface area contributed by atoms with Gasteiger partial charge in [-0.15, -0.1) is 0 Å². The molecule has 138 valence electrons. The highest BCUT2D eigenvalue weighted by Gasteiger charge is 2.52. The smallest absolute Gasteiger partial charge is 0.399 e. The number of halogens is 1. The van der Waals surface area contributed by atoms with Crippen molar-refractivity contribution in [1.82, 2.24) is 15.3 Å². The highest BCUT2D eigenvalue weighted by atomic mass is 35.5. The normalized spacial score (nSPS) is 22.2. The quantitative estimate of drug-likeness (QED) is 0.811. The van der Waals surface area contributed by atoms with Crippen LogP contribution in [-0.4, -0.2) is 54.5 Å². The maximum absolute atomic E-state index is 6.63. The van der Waals surface area contributed by atoms with Crippen molar-refractivity contribution in [1.29, 1.82) is 0 Å². The molecule has 2 aliphatic rings. The minimum absolute atomic E-state index is 0.409. The number of hydrogen-bond donors (Lipinski definition) is 1. The van der Waals surface area contributed by atoms with E-state index in [2.05, 4.69) is 20.2 Å². The van der Waals surface area contributed by atoms with Crippen LogP contribution in [0.3, 0.4) is 0 Å². The molecule has 0 unspecified atom stereocenters. The number of nitrogens with zero attached hydrogens (tertiary/aromatic N) is 3. The second kappa shape index (κ2) is 6.34. The maximum atomic E-state index is 6.63. The second-order valence-electron chi connectivity index (χ2n) is 7.91. The maximum Gasteiger partial charge on any atom is 0.496 e. The summed E-state index contributed by atoms with van der Waals surface area (Å²) in [5.74, 6) is 0.930. The average molecular weight is 375 g/mol. The highest BCUT2D eigenvalue weighted by Crippen LogP contribution is 2.37. The van der Waals surface area contributed by atoms with Crippen LogP contribution >= 0.6 is 11.6 Å². The molecule has 2 fully saturated rings. The van der Waals surface area contributed by atoms with E-state index in [0.717, 1.165) is 48.4 Å². The number of nitrogens with one attached hydrogen (secondary N) is 1. The van der Waals surface area contributed by atoms with E-state index in [-0.39, 0.29) is 0 Å². The van der Waals surface area contributed by atoms with Gasteiger partial charge in [-0.25, -0.2) is 9.97 Å². The molecule has 0 saturated carbocycles. The van der Waals surface area contributed by atoms with Gasteiger partial charge in [0.2, 0.25) is 0 Å². The average Bonchev–Trinajstić information content (AvgIpc) is 2.82. The second-order valence-corrected chi connectivity index (χ2v) is 8.32. The Hall–Kier alpha value is -1.41. The van der Waals surface area contributed by atoms with E-state index < -0.39 is 18.3 Å². The lowest BCUT2D eigenvalue weighted by Crippen LogP contribution is -2.44. The van der Waals surface area contributed by atoms with Gasteiger partial charge in [0.25, 0.3) is 0 Å². The fraction of sp³-hybridized carbons (Fsp3) is 0.556. The van der Waals surface area contributed by atoms with Crippen LogP contribution < -0.4 is 15.7 Å². The predicted octanol–water partition coefficient (Wildman–Crippen LogP) is 1.99. The molecule has 26 heavy (non-hydrogen) atoms. The first-order valence-corrected chi connectivity index (χ1v) is 9.42. The molecule has 4 rings (SSSR count). The summed E-state index contributed by atoms with van der Waals surface area (Å²) in [6.07, 6.45) is 1.61. The number of piperazine rings is 1. The molecule has 0 bridgehead atoms. The van der Waals surface area contributed by atoms with Crippen molar-refractivity contribution < 1.29 is 9.31 Å². The third-order valence-corrected chi connectivity index (χ3v) is 5.98. The fourth-order valence-electron chi connectivity index (χ4n) is 3.36. The van der Waals surface area contributed by atoms with Gasteiger partial charge in [-0.05, 0) is 39.8 Å². The van der Waals surface area contributed by atoms with E-state index in [9.17, 15) is 0 Å². The summed E-state index contributed by atoms with van der Waals surface area (Å²) in [5.41, 5.74) is 0.840. The number of anilines is 1. The molecule has 8 heteroatoms. The molecular weight excluding hydrogens is 350 g/mol. The molecule has 0 radical (unpaired) electrons. The standard InChI is InChI=1S/C18H24BClN4O2/c1-17(2)18(3,4)26-19(25-17)13-10-15-12(9-14(13)20)16(23-11-22-15)24-7-5-21-6-8-24/h9-11,21H,5-8H2,1-4H3. The van der Waals surface area contributed by atoms with Crippen molar-refractivity contribution in [3.05, 3.63) is 23.5 Å². The van der Waals surface area contributed by atoms with Crippen molar-refractivity contribution in [3.8, 4) is 0 Å². The molecule has 2 aromatic rings. The number of aromatic nitrogens is 2. The van der Waals surface area contributed by atoms with Crippen LogP contribution in [0.4, 0.5) is 5.82 Å². The van der Waals surface area contributed by atoms with Gasteiger partial charge in [0.1, 0.15) is 12.1 Å². The number of rotatable bonds is 2. The molecule has 3 heterocycles. The van der Waals surface area contributed by atoms with Crippen molar-refractivity contribution in [3.63, 3.8) is 0 Å². The lowest BCUT2D eigenvalue weighted by molar-refractivity contribution is 0.00578. The zero-order valence-corrected chi connectivity index (χ0v) is 16.4. The number of hydrogen-bond acceptors (Lipinski definition) is 6. The Bertz CT molecular complexity index is 823. The number of fused-ring (bicyclic) bond motifs is 1. The summed E-state index contributed by atoms with van der Waals surface area (Å²) in [6.45, 7) is 11.9. The van der Waals surface area contributed by atoms with Gasteiger partial charge in [-0.1, -0.05) is 11.6 Å². The molecule has 0 amide bonds. The molecular formula is C18H24BClN4O2. The van der Waals surface area contributed by atoms with E-state index in [1.165, 1.54) is 0 Å².